The molecule has 0 aromatic rings. The molecule has 0 aliphatic heterocycles. The van der Waals surface area contributed by atoms with Crippen LogP contribution in [0.1, 0.15) is 0 Å². The second-order valence-electron chi connectivity index (χ2n) is 0.584. The van der Waals surface area contributed by atoms with Crippen LogP contribution in [-0.4, -0.2) is 11.2 Å². The van der Waals surface area contributed by atoms with E-state index in [1.165, 1.54) is 0 Å². The van der Waals surface area contributed by atoms with E-state index in [0.29, 0.717) is 0 Å². The van der Waals surface area contributed by atoms with Crippen LogP contribution in [0.25, 0.3) is 0 Å². The normalized spacial score (nSPS) is 6.60. The van der Waals surface area contributed by atoms with Crippen LogP contribution >= 0.6 is 12.2 Å². The zero-order valence-electron chi connectivity index (χ0n) is 2.60. The topological polar surface area (TPSA) is 17.1 Å². The van der Waals surface area contributed by atoms with Crippen LogP contribution in [0.2, 0.25) is 0 Å². The minimum Gasteiger partial charge on any atom is -0.294 e. The molecule has 0 aromatic carbocycles. The van der Waals surface area contributed by atoms with Crippen molar-refractivity contribution < 1.29 is 4.79 Å². The number of thiocarbonyl (C=S) groups is 1. The van der Waals surface area contributed by atoms with Crippen molar-refractivity contribution in [1.29, 1.82) is 0 Å². The van der Waals surface area contributed by atoms with Crippen LogP contribution in [0.4, 0.5) is 0 Å². The fourth-order valence-electron chi connectivity index (χ4n) is 0. The summed E-state index contributed by atoms with van der Waals surface area (Å²) in [4.78, 5) is 9.54. The third-order valence-corrected chi connectivity index (χ3v) is 0.394. The molecule has 5 heavy (non-hydrogen) atoms. The van der Waals surface area contributed by atoms with E-state index in [1.807, 2.05) is 0 Å². The summed E-state index contributed by atoms with van der Waals surface area (Å²) < 4.78 is 0. The van der Waals surface area contributed by atoms with Crippen molar-refractivity contribution in [2.75, 3.05) is 0 Å². The maximum absolute atomic E-state index is 9.54. The van der Waals surface area contributed by atoms with Crippen molar-refractivity contribution >= 4 is 23.4 Å². The van der Waals surface area contributed by atoms with Crippen molar-refractivity contribution in [3.63, 3.8) is 0 Å². The Balaban J connectivity index is 3.20. The van der Waals surface area contributed by atoms with E-state index in [0.717, 1.165) is 5.37 Å². The number of Topliss-reactive ketones (excluding diaryl/α,β-unsaturated/α-hetero) is 1. The van der Waals surface area contributed by atoms with Gasteiger partial charge in [0.25, 0.3) is 0 Å². The molecule has 0 fully saturated rings. The lowest BCUT2D eigenvalue weighted by Gasteiger charge is -1.60. The first-order valence-corrected chi connectivity index (χ1v) is 1.55. The highest BCUT2D eigenvalue weighted by atomic mass is 32.1. The third kappa shape index (κ3) is 3.76. The molecular formula is C3H3OS. The summed E-state index contributed by atoms with van der Waals surface area (Å²) in [6.45, 7) is 2.96. The molecule has 0 N–H and O–H groups in total. The van der Waals surface area contributed by atoms with Crippen LogP contribution in [0.5, 0.6) is 0 Å². The molecule has 2 heteroatoms. The minimum absolute atomic E-state index is 0.306. The Hall–Kier alpha value is -0.240. The smallest absolute Gasteiger partial charge is 0.166 e. The van der Waals surface area contributed by atoms with Crippen molar-refractivity contribution in [3.05, 3.63) is 6.92 Å². The standard InChI is InChI=1S/C3H3OS/c1-3(4)2-5/h2H,1H2. The highest BCUT2D eigenvalue weighted by Gasteiger charge is 1.72. The predicted octanol–water partition coefficient (Wildman–Crippen LogP) is 0.389. The van der Waals surface area contributed by atoms with Crippen LogP contribution < -0.4 is 0 Å². The first kappa shape index (κ1) is 4.76. The fraction of sp³-hybridized carbons (Fsp3) is 0. The average molecular weight is 87.1 g/mol. The van der Waals surface area contributed by atoms with Gasteiger partial charge in [0.15, 0.2) is 5.78 Å². The zero-order valence-corrected chi connectivity index (χ0v) is 3.42. The number of hydrogen-bond donors (Lipinski definition) is 0. The molecule has 0 bridgehead atoms. The SMILES string of the molecule is [CH2]C(=O)C=S. The Morgan fingerprint density at radius 3 is 2.20 bits per heavy atom. The van der Waals surface area contributed by atoms with E-state index in [1.54, 1.807) is 0 Å². The van der Waals surface area contributed by atoms with Crippen molar-refractivity contribution in [2.45, 2.75) is 0 Å². The molecule has 0 aromatic heterocycles. The molecule has 0 saturated heterocycles. The van der Waals surface area contributed by atoms with Gasteiger partial charge in [0.05, 0.1) is 0 Å². The largest absolute Gasteiger partial charge is 0.294 e. The molecule has 0 heterocycles. The van der Waals surface area contributed by atoms with Gasteiger partial charge in [-0.25, -0.2) is 0 Å². The summed E-state index contributed by atoms with van der Waals surface area (Å²) in [5.74, 6) is -0.306. The molecule has 0 aliphatic carbocycles. The van der Waals surface area contributed by atoms with E-state index in [-0.39, 0.29) is 5.78 Å². The van der Waals surface area contributed by atoms with Crippen LogP contribution in [0, 0.1) is 6.92 Å². The summed E-state index contributed by atoms with van der Waals surface area (Å²) >= 11 is 4.14. The average Bonchev–Trinajstić information content (AvgIpc) is 1.38. The highest BCUT2D eigenvalue weighted by molar-refractivity contribution is 7.80. The Kier molecular flexibility index (Phi) is 1.93. The van der Waals surface area contributed by atoms with Gasteiger partial charge in [-0.2, -0.15) is 0 Å². The molecule has 1 nitrogen and oxygen atoms in total. The number of carbonyl (C=O) groups excluding carboxylic acids is 1. The van der Waals surface area contributed by atoms with E-state index in [4.69, 9.17) is 0 Å². The van der Waals surface area contributed by atoms with Gasteiger partial charge >= 0.3 is 0 Å². The van der Waals surface area contributed by atoms with Crippen molar-refractivity contribution in [3.8, 4) is 0 Å². The fourth-order valence-corrected chi connectivity index (χ4v) is 0. The first-order chi connectivity index (χ1) is 2.27. The van der Waals surface area contributed by atoms with Gasteiger partial charge in [0.2, 0.25) is 0 Å². The van der Waals surface area contributed by atoms with Crippen LogP contribution in [-0.2, 0) is 4.79 Å². The quantitative estimate of drug-likeness (QED) is 0.430. The highest BCUT2D eigenvalue weighted by Crippen LogP contribution is 1.53. The lowest BCUT2D eigenvalue weighted by Crippen LogP contribution is -1.83. The molecule has 27 valence electrons. The molecule has 0 atom stereocenters. The summed E-state index contributed by atoms with van der Waals surface area (Å²) in [6, 6.07) is 0. The first-order valence-electron chi connectivity index (χ1n) is 1.08. The lowest BCUT2D eigenvalue weighted by molar-refractivity contribution is -0.108. The Labute approximate surface area is 36.0 Å². The van der Waals surface area contributed by atoms with E-state index in [2.05, 4.69) is 19.1 Å². The van der Waals surface area contributed by atoms with Crippen LogP contribution in [0.3, 0.4) is 0 Å². The van der Waals surface area contributed by atoms with Crippen LogP contribution in [0.15, 0.2) is 0 Å². The second kappa shape index (κ2) is 2.03. The van der Waals surface area contributed by atoms with Gasteiger partial charge < -0.3 is 0 Å². The van der Waals surface area contributed by atoms with Gasteiger partial charge in [0.1, 0.15) is 0 Å². The summed E-state index contributed by atoms with van der Waals surface area (Å²) in [5.41, 5.74) is 0. The number of carbonyl (C=O) groups is 1. The molecular weight excluding hydrogens is 84.1 g/mol. The minimum atomic E-state index is -0.306. The Bertz CT molecular complexity index is 57.9. The van der Waals surface area contributed by atoms with Gasteiger partial charge in [-0.1, -0.05) is 12.2 Å². The molecule has 0 aliphatic rings. The van der Waals surface area contributed by atoms with E-state index in [9.17, 15) is 4.79 Å². The van der Waals surface area contributed by atoms with Gasteiger partial charge in [-0.3, -0.25) is 4.79 Å². The molecule has 0 unspecified atom stereocenters. The zero-order chi connectivity index (χ0) is 4.28. The van der Waals surface area contributed by atoms with Gasteiger partial charge in [-0.05, 0) is 0 Å². The molecule has 0 saturated carbocycles. The summed E-state index contributed by atoms with van der Waals surface area (Å²) in [5, 5.41) is 1.00. The predicted molar refractivity (Wildman–Crippen MR) is 24.0 cm³/mol. The molecule has 0 rings (SSSR count). The monoisotopic (exact) mass is 87.0 g/mol. The maximum Gasteiger partial charge on any atom is 0.166 e. The van der Waals surface area contributed by atoms with Crippen molar-refractivity contribution in [2.24, 2.45) is 0 Å². The van der Waals surface area contributed by atoms with Crippen molar-refractivity contribution in [1.82, 2.24) is 0 Å². The number of ketones is 1. The lowest BCUT2D eigenvalue weighted by atomic mass is 10.5. The summed E-state index contributed by atoms with van der Waals surface area (Å²) in [6.07, 6.45) is 0. The second-order valence-corrected chi connectivity index (χ2v) is 0.820. The third-order valence-electron chi connectivity index (χ3n) is 0.131. The van der Waals surface area contributed by atoms with Gasteiger partial charge in [0, 0.05) is 12.3 Å². The number of hydrogen-bond acceptors (Lipinski definition) is 2. The molecule has 1 radical (unpaired) electrons. The maximum atomic E-state index is 9.54. The van der Waals surface area contributed by atoms with E-state index < -0.39 is 0 Å². The number of rotatable bonds is 1. The summed E-state index contributed by atoms with van der Waals surface area (Å²) in [7, 11) is 0. The van der Waals surface area contributed by atoms with E-state index >= 15 is 0 Å². The Morgan fingerprint density at radius 2 is 2.20 bits per heavy atom. The Morgan fingerprint density at radius 1 is 2.00 bits per heavy atom. The van der Waals surface area contributed by atoms with Gasteiger partial charge in [-0.15, -0.1) is 0 Å². The molecule has 0 spiro atoms. The molecule has 0 amide bonds.